The smallest absolute Gasteiger partial charge is 0.337 e. The molecule has 0 amide bonds. The van der Waals surface area contributed by atoms with Gasteiger partial charge in [0, 0.05) is 16.6 Å². The van der Waals surface area contributed by atoms with Crippen molar-refractivity contribution in [1.29, 1.82) is 0 Å². The van der Waals surface area contributed by atoms with Gasteiger partial charge in [-0.05, 0) is 92.8 Å². The van der Waals surface area contributed by atoms with Crippen molar-refractivity contribution in [2.45, 2.75) is 74.4 Å². The molecule has 0 aliphatic carbocycles. The van der Waals surface area contributed by atoms with Crippen molar-refractivity contribution in [2.75, 3.05) is 20.8 Å². The fourth-order valence-corrected chi connectivity index (χ4v) is 5.79. The van der Waals surface area contributed by atoms with Crippen molar-refractivity contribution < 1.29 is 23.8 Å². The molecule has 0 saturated carbocycles. The second-order valence-electron chi connectivity index (χ2n) is 9.87. The number of unbranched alkanes of at least 4 members (excludes halogenated alkanes) is 3. The van der Waals surface area contributed by atoms with Gasteiger partial charge in [-0.25, -0.2) is 4.79 Å². The highest BCUT2D eigenvalue weighted by molar-refractivity contribution is 8.00. The first-order valence-electron chi connectivity index (χ1n) is 14.3. The summed E-state index contributed by atoms with van der Waals surface area (Å²) in [6.07, 6.45) is 9.58. The van der Waals surface area contributed by atoms with E-state index in [0.29, 0.717) is 17.2 Å². The molecule has 6 heteroatoms. The lowest BCUT2D eigenvalue weighted by atomic mass is 10.0. The first kappa shape index (κ1) is 31.3. The number of ether oxygens (including phenoxy) is 3. The third kappa shape index (κ3) is 11.5. The predicted molar refractivity (Wildman–Crippen MR) is 162 cm³/mol. The van der Waals surface area contributed by atoms with Crippen molar-refractivity contribution in [2.24, 2.45) is 0 Å². The number of carbonyl (C=O) groups excluding carboxylic acids is 2. The zero-order valence-corrected chi connectivity index (χ0v) is 24.6. The van der Waals surface area contributed by atoms with E-state index in [-0.39, 0.29) is 11.9 Å². The minimum atomic E-state index is -0.330. The summed E-state index contributed by atoms with van der Waals surface area (Å²) in [4.78, 5) is 24.5. The molecular weight excluding hydrogens is 520 g/mol. The van der Waals surface area contributed by atoms with E-state index in [1.807, 2.05) is 42.1 Å². The molecule has 40 heavy (non-hydrogen) atoms. The van der Waals surface area contributed by atoms with E-state index < -0.39 is 0 Å². The Kier molecular flexibility index (Phi) is 14.2. The highest BCUT2D eigenvalue weighted by Crippen LogP contribution is 2.32. The lowest BCUT2D eigenvalue weighted by Crippen LogP contribution is -2.08. The molecule has 0 fully saturated rings. The van der Waals surface area contributed by atoms with Gasteiger partial charge in [-0.15, -0.1) is 11.8 Å². The highest BCUT2D eigenvalue weighted by Gasteiger charge is 2.14. The summed E-state index contributed by atoms with van der Waals surface area (Å²) in [5.41, 5.74) is 3.17. The first-order valence-corrected chi connectivity index (χ1v) is 15.1. The molecule has 0 heterocycles. The van der Waals surface area contributed by atoms with Gasteiger partial charge in [-0.3, -0.25) is 4.79 Å². The van der Waals surface area contributed by atoms with Gasteiger partial charge in [0.2, 0.25) is 0 Å². The molecule has 3 aromatic carbocycles. The summed E-state index contributed by atoms with van der Waals surface area (Å²) in [6, 6.07) is 26.6. The maximum Gasteiger partial charge on any atom is 0.337 e. The lowest BCUT2D eigenvalue weighted by molar-refractivity contribution is -0.140. The molecule has 0 radical (unpaired) electrons. The van der Waals surface area contributed by atoms with Gasteiger partial charge in [0.25, 0.3) is 0 Å². The zero-order valence-electron chi connectivity index (χ0n) is 23.8. The molecule has 1 unspecified atom stereocenters. The summed E-state index contributed by atoms with van der Waals surface area (Å²) in [6.45, 7) is 0.726. The summed E-state index contributed by atoms with van der Waals surface area (Å²) in [5, 5.41) is 0.368. The van der Waals surface area contributed by atoms with Crippen molar-refractivity contribution in [3.63, 3.8) is 0 Å². The van der Waals surface area contributed by atoms with Crippen molar-refractivity contribution in [1.82, 2.24) is 0 Å². The fourth-order valence-electron chi connectivity index (χ4n) is 4.59. The SMILES string of the molecule is COC(=O)CCCCC(CCc1ccccc1OCCCCCc1ccccc1)Sc1ccc(C(=O)OC)cc1. The van der Waals surface area contributed by atoms with Crippen molar-refractivity contribution in [3.05, 3.63) is 95.6 Å². The number of aryl methyl sites for hydroxylation is 2. The van der Waals surface area contributed by atoms with Gasteiger partial charge >= 0.3 is 11.9 Å². The van der Waals surface area contributed by atoms with Crippen LogP contribution in [0.2, 0.25) is 0 Å². The Balaban J connectivity index is 1.51. The predicted octanol–water partition coefficient (Wildman–Crippen LogP) is 8.09. The van der Waals surface area contributed by atoms with Gasteiger partial charge in [0.15, 0.2) is 0 Å². The van der Waals surface area contributed by atoms with Crippen LogP contribution in [-0.2, 0) is 27.1 Å². The monoisotopic (exact) mass is 562 g/mol. The van der Waals surface area contributed by atoms with Crippen molar-refractivity contribution in [3.8, 4) is 5.75 Å². The molecule has 0 N–H and O–H groups in total. The third-order valence-corrected chi connectivity index (χ3v) is 8.23. The van der Waals surface area contributed by atoms with Crippen molar-refractivity contribution >= 4 is 23.7 Å². The van der Waals surface area contributed by atoms with Crippen LogP contribution in [0.15, 0.2) is 83.8 Å². The molecule has 214 valence electrons. The van der Waals surface area contributed by atoms with Gasteiger partial charge in [0.1, 0.15) is 5.75 Å². The largest absolute Gasteiger partial charge is 0.493 e. The van der Waals surface area contributed by atoms with Gasteiger partial charge < -0.3 is 14.2 Å². The van der Waals surface area contributed by atoms with Crippen LogP contribution in [0.25, 0.3) is 0 Å². The van der Waals surface area contributed by atoms with Crippen LogP contribution in [0.4, 0.5) is 0 Å². The fraction of sp³-hybridized carbons (Fsp3) is 0.412. The molecule has 0 aliphatic heterocycles. The normalized spacial score (nSPS) is 11.6. The van der Waals surface area contributed by atoms with Crippen LogP contribution in [0.3, 0.4) is 0 Å². The molecule has 5 nitrogen and oxygen atoms in total. The van der Waals surface area contributed by atoms with Crippen LogP contribution in [-0.4, -0.2) is 38.0 Å². The molecule has 0 aliphatic rings. The van der Waals surface area contributed by atoms with Crippen LogP contribution in [0.1, 0.15) is 72.9 Å². The molecule has 1 atom stereocenters. The number of hydrogen-bond acceptors (Lipinski definition) is 6. The van der Waals surface area contributed by atoms with Gasteiger partial charge in [-0.2, -0.15) is 0 Å². The number of esters is 2. The van der Waals surface area contributed by atoms with Gasteiger partial charge in [-0.1, -0.05) is 55.0 Å². The van der Waals surface area contributed by atoms with Crippen LogP contribution in [0, 0.1) is 0 Å². The highest BCUT2D eigenvalue weighted by atomic mass is 32.2. The maximum absolute atomic E-state index is 11.8. The second-order valence-corrected chi connectivity index (χ2v) is 11.2. The molecular formula is C34H42O5S. The molecule has 0 spiro atoms. The topological polar surface area (TPSA) is 61.8 Å². The van der Waals surface area contributed by atoms with E-state index in [4.69, 9.17) is 14.2 Å². The second kappa shape index (κ2) is 18.2. The third-order valence-electron chi connectivity index (χ3n) is 6.88. The Hall–Kier alpha value is -3.25. The summed E-state index contributed by atoms with van der Waals surface area (Å²) in [5.74, 6) is 0.486. The van der Waals surface area contributed by atoms with E-state index in [1.165, 1.54) is 31.8 Å². The Morgan fingerprint density at radius 3 is 2.23 bits per heavy atom. The Morgan fingerprint density at radius 2 is 1.48 bits per heavy atom. The van der Waals surface area contributed by atoms with E-state index in [0.717, 1.165) is 68.6 Å². The van der Waals surface area contributed by atoms with Crippen LogP contribution in [0.5, 0.6) is 5.75 Å². The lowest BCUT2D eigenvalue weighted by Gasteiger charge is -2.18. The number of hydrogen-bond donors (Lipinski definition) is 0. The molecule has 3 aromatic rings. The Bertz CT molecular complexity index is 1150. The summed E-state index contributed by atoms with van der Waals surface area (Å²) < 4.78 is 15.8. The number of methoxy groups -OCH3 is 2. The zero-order chi connectivity index (χ0) is 28.4. The van der Waals surface area contributed by atoms with E-state index >= 15 is 0 Å². The molecule has 0 aromatic heterocycles. The van der Waals surface area contributed by atoms with Crippen LogP contribution >= 0.6 is 11.8 Å². The molecule has 0 saturated heterocycles. The Morgan fingerprint density at radius 1 is 0.725 bits per heavy atom. The summed E-state index contributed by atoms with van der Waals surface area (Å²) >= 11 is 1.82. The number of thioether (sulfide) groups is 1. The standard InChI is InChI=1S/C34H42O5S/c1-37-33(35)19-11-9-17-30(40-31-24-21-29(22-25-31)34(36)38-2)23-20-28-16-8-10-18-32(28)39-26-12-4-7-15-27-13-5-3-6-14-27/h3,5-6,8,10,13-14,16,18,21-22,24-25,30H,4,7,9,11-12,15,17,19-20,23,26H2,1-2H3. The minimum absolute atomic E-state index is 0.159. The number of rotatable bonds is 18. The number of para-hydroxylation sites is 1. The minimum Gasteiger partial charge on any atom is -0.493 e. The molecule has 3 rings (SSSR count). The average Bonchev–Trinajstić information content (AvgIpc) is 3.00. The first-order chi connectivity index (χ1) is 19.6. The Labute approximate surface area is 243 Å². The maximum atomic E-state index is 11.8. The van der Waals surface area contributed by atoms with E-state index in [2.05, 4.69) is 48.5 Å². The van der Waals surface area contributed by atoms with E-state index in [9.17, 15) is 9.59 Å². The average molecular weight is 563 g/mol. The summed E-state index contributed by atoms with van der Waals surface area (Å²) in [7, 11) is 2.83. The molecule has 0 bridgehead atoms. The van der Waals surface area contributed by atoms with E-state index in [1.54, 1.807) is 0 Å². The number of carbonyl (C=O) groups is 2. The van der Waals surface area contributed by atoms with Crippen LogP contribution < -0.4 is 4.74 Å². The quantitative estimate of drug-likeness (QED) is 0.0887. The van der Waals surface area contributed by atoms with Gasteiger partial charge in [0.05, 0.1) is 26.4 Å². The number of benzene rings is 3.